The highest BCUT2D eigenvalue weighted by Crippen LogP contribution is 2.35. The lowest BCUT2D eigenvalue weighted by atomic mass is 9.92. The van der Waals surface area contributed by atoms with Crippen molar-refractivity contribution in [1.29, 1.82) is 0 Å². The summed E-state index contributed by atoms with van der Waals surface area (Å²) in [5, 5.41) is 3.96. The highest BCUT2D eigenvalue weighted by atomic mass is 35.5. The molecule has 0 bridgehead atoms. The summed E-state index contributed by atoms with van der Waals surface area (Å²) in [7, 11) is 0. The van der Waals surface area contributed by atoms with Gasteiger partial charge in [0.2, 0.25) is 0 Å². The molecule has 0 aliphatic carbocycles. The van der Waals surface area contributed by atoms with E-state index in [1.807, 2.05) is 0 Å². The minimum Gasteiger partial charge on any atom is -0.310 e. The van der Waals surface area contributed by atoms with E-state index in [2.05, 4.69) is 12.2 Å². The zero-order valence-corrected chi connectivity index (χ0v) is 9.52. The van der Waals surface area contributed by atoms with Crippen molar-refractivity contribution in [3.63, 3.8) is 0 Å². The quantitative estimate of drug-likeness (QED) is 0.815. The van der Waals surface area contributed by atoms with E-state index >= 15 is 0 Å². The van der Waals surface area contributed by atoms with Crippen LogP contribution in [0.3, 0.4) is 0 Å². The summed E-state index contributed by atoms with van der Waals surface area (Å²) in [6.07, 6.45) is 2.31. The molecular weight excluding hydrogens is 213 g/mol. The highest BCUT2D eigenvalue weighted by molar-refractivity contribution is 6.31. The number of hydrogen-bond donors (Lipinski definition) is 1. The van der Waals surface area contributed by atoms with Crippen LogP contribution in [-0.4, -0.2) is 6.54 Å². The van der Waals surface area contributed by atoms with Crippen molar-refractivity contribution in [2.45, 2.75) is 25.8 Å². The first kappa shape index (κ1) is 10.9. The smallest absolute Gasteiger partial charge is 0.124 e. The van der Waals surface area contributed by atoms with Gasteiger partial charge in [-0.15, -0.1) is 0 Å². The van der Waals surface area contributed by atoms with Gasteiger partial charge in [0.05, 0.1) is 0 Å². The molecule has 1 N–H and O–H groups in total. The van der Waals surface area contributed by atoms with Crippen LogP contribution in [0.15, 0.2) is 18.2 Å². The van der Waals surface area contributed by atoms with Crippen molar-refractivity contribution in [2.75, 3.05) is 6.54 Å². The summed E-state index contributed by atoms with van der Waals surface area (Å²) in [5.41, 5.74) is 1.03. The number of hydrogen-bond acceptors (Lipinski definition) is 1. The van der Waals surface area contributed by atoms with Crippen molar-refractivity contribution in [1.82, 2.24) is 5.32 Å². The predicted molar refractivity (Wildman–Crippen MR) is 60.6 cm³/mol. The maximum Gasteiger partial charge on any atom is 0.124 e. The van der Waals surface area contributed by atoms with E-state index in [1.54, 1.807) is 6.07 Å². The average molecular weight is 228 g/mol. The molecule has 0 radical (unpaired) electrons. The molecule has 1 saturated heterocycles. The van der Waals surface area contributed by atoms with Crippen LogP contribution in [0.5, 0.6) is 0 Å². The first-order chi connectivity index (χ1) is 7.22. The fraction of sp³-hybridized carbons (Fsp3) is 0.500. The standard InChI is InChI=1S/C12H15ClFN/c1-2-8-5-6-15-12(8)10-4-3-9(14)7-11(10)13/h3-4,7-8,12,15H,2,5-6H2,1H3. The van der Waals surface area contributed by atoms with Crippen LogP contribution in [0.4, 0.5) is 4.39 Å². The minimum absolute atomic E-state index is 0.269. The van der Waals surface area contributed by atoms with E-state index in [0.29, 0.717) is 17.0 Å². The van der Waals surface area contributed by atoms with Gasteiger partial charge in [0, 0.05) is 11.1 Å². The van der Waals surface area contributed by atoms with E-state index in [0.717, 1.165) is 18.5 Å². The number of rotatable bonds is 2. The number of benzene rings is 1. The number of halogens is 2. The lowest BCUT2D eigenvalue weighted by Crippen LogP contribution is -2.18. The molecule has 1 aromatic rings. The SMILES string of the molecule is CCC1CCNC1c1ccc(F)cc1Cl. The van der Waals surface area contributed by atoms with Crippen LogP contribution in [0.1, 0.15) is 31.4 Å². The lowest BCUT2D eigenvalue weighted by molar-refractivity contribution is 0.449. The summed E-state index contributed by atoms with van der Waals surface area (Å²) in [4.78, 5) is 0. The van der Waals surface area contributed by atoms with Gasteiger partial charge in [0.15, 0.2) is 0 Å². The molecular formula is C12H15ClFN. The van der Waals surface area contributed by atoms with Crippen molar-refractivity contribution in [2.24, 2.45) is 5.92 Å². The molecule has 0 spiro atoms. The molecule has 0 amide bonds. The molecule has 2 rings (SSSR count). The van der Waals surface area contributed by atoms with Crippen molar-refractivity contribution in [3.05, 3.63) is 34.6 Å². The molecule has 0 saturated carbocycles. The van der Waals surface area contributed by atoms with Crippen LogP contribution in [0.25, 0.3) is 0 Å². The zero-order valence-electron chi connectivity index (χ0n) is 8.76. The summed E-state index contributed by atoms with van der Waals surface area (Å²) in [6, 6.07) is 4.96. The Labute approximate surface area is 94.6 Å². The number of nitrogens with one attached hydrogen (secondary N) is 1. The fourth-order valence-electron chi connectivity index (χ4n) is 2.32. The molecule has 1 heterocycles. The molecule has 1 aliphatic heterocycles. The molecule has 1 aliphatic rings. The van der Waals surface area contributed by atoms with Crippen molar-refractivity contribution < 1.29 is 4.39 Å². The Balaban J connectivity index is 2.28. The van der Waals surface area contributed by atoms with E-state index in [1.165, 1.54) is 18.6 Å². The summed E-state index contributed by atoms with van der Waals surface area (Å²) < 4.78 is 12.9. The second kappa shape index (κ2) is 4.50. The Hall–Kier alpha value is -0.600. The molecule has 2 unspecified atom stereocenters. The second-order valence-electron chi connectivity index (χ2n) is 4.05. The van der Waals surface area contributed by atoms with E-state index in [-0.39, 0.29) is 5.82 Å². The summed E-state index contributed by atoms with van der Waals surface area (Å²) in [5.74, 6) is 0.350. The fourth-order valence-corrected chi connectivity index (χ4v) is 2.60. The van der Waals surface area contributed by atoms with Crippen LogP contribution < -0.4 is 5.32 Å². The first-order valence-corrected chi connectivity index (χ1v) is 5.78. The Kier molecular flexibility index (Phi) is 3.27. The third-order valence-electron chi connectivity index (χ3n) is 3.17. The van der Waals surface area contributed by atoms with E-state index in [9.17, 15) is 4.39 Å². The van der Waals surface area contributed by atoms with Crippen molar-refractivity contribution >= 4 is 11.6 Å². The molecule has 15 heavy (non-hydrogen) atoms. The monoisotopic (exact) mass is 227 g/mol. The maximum absolute atomic E-state index is 12.9. The van der Waals surface area contributed by atoms with Gasteiger partial charge in [-0.05, 0) is 36.6 Å². The van der Waals surface area contributed by atoms with Gasteiger partial charge < -0.3 is 5.32 Å². The largest absolute Gasteiger partial charge is 0.310 e. The Morgan fingerprint density at radius 2 is 2.33 bits per heavy atom. The van der Waals surface area contributed by atoms with Gasteiger partial charge in [-0.2, -0.15) is 0 Å². The van der Waals surface area contributed by atoms with Gasteiger partial charge in [0.25, 0.3) is 0 Å². The molecule has 1 fully saturated rings. The van der Waals surface area contributed by atoms with Crippen molar-refractivity contribution in [3.8, 4) is 0 Å². The summed E-state index contributed by atoms with van der Waals surface area (Å²) in [6.45, 7) is 3.21. The second-order valence-corrected chi connectivity index (χ2v) is 4.46. The predicted octanol–water partition coefficient (Wildman–Crippen LogP) is 3.54. The molecule has 3 heteroatoms. The van der Waals surface area contributed by atoms with Gasteiger partial charge in [-0.25, -0.2) is 4.39 Å². The Bertz CT molecular complexity index is 353. The summed E-state index contributed by atoms with van der Waals surface area (Å²) >= 11 is 6.05. The van der Waals surface area contributed by atoms with Gasteiger partial charge in [-0.3, -0.25) is 0 Å². The van der Waals surface area contributed by atoms with Gasteiger partial charge in [0.1, 0.15) is 5.82 Å². The van der Waals surface area contributed by atoms with E-state index in [4.69, 9.17) is 11.6 Å². The van der Waals surface area contributed by atoms with Gasteiger partial charge in [-0.1, -0.05) is 31.0 Å². The third-order valence-corrected chi connectivity index (χ3v) is 3.50. The average Bonchev–Trinajstić information content (AvgIpc) is 2.65. The van der Waals surface area contributed by atoms with Crippen LogP contribution in [-0.2, 0) is 0 Å². The van der Waals surface area contributed by atoms with E-state index < -0.39 is 0 Å². The highest BCUT2D eigenvalue weighted by Gasteiger charge is 2.28. The normalized spacial score (nSPS) is 25.8. The molecule has 0 aromatic heterocycles. The van der Waals surface area contributed by atoms with Crippen LogP contribution in [0.2, 0.25) is 5.02 Å². The molecule has 2 atom stereocenters. The third kappa shape index (κ3) is 2.16. The van der Waals surface area contributed by atoms with Crippen LogP contribution >= 0.6 is 11.6 Å². The lowest BCUT2D eigenvalue weighted by Gasteiger charge is -2.19. The maximum atomic E-state index is 12.9. The molecule has 82 valence electrons. The topological polar surface area (TPSA) is 12.0 Å². The van der Waals surface area contributed by atoms with Gasteiger partial charge >= 0.3 is 0 Å². The first-order valence-electron chi connectivity index (χ1n) is 5.40. The minimum atomic E-state index is -0.269. The molecule has 1 aromatic carbocycles. The zero-order chi connectivity index (χ0) is 10.8. The molecule has 1 nitrogen and oxygen atoms in total. The van der Waals surface area contributed by atoms with Crippen LogP contribution in [0, 0.1) is 11.7 Å². The Morgan fingerprint density at radius 1 is 1.53 bits per heavy atom. The Morgan fingerprint density at radius 3 is 3.00 bits per heavy atom.